The van der Waals surface area contributed by atoms with Gasteiger partial charge >= 0.3 is 0 Å². The Labute approximate surface area is 184 Å². The zero-order valence-corrected chi connectivity index (χ0v) is 18.6. The first kappa shape index (κ1) is 22.2. The number of pyridine rings is 2. The Morgan fingerprint density at radius 2 is 1.90 bits per heavy atom. The van der Waals surface area contributed by atoms with E-state index in [1.165, 1.54) is 22.3 Å². The van der Waals surface area contributed by atoms with Crippen molar-refractivity contribution in [2.24, 2.45) is 0 Å². The number of benzene rings is 1. The summed E-state index contributed by atoms with van der Waals surface area (Å²) in [5.41, 5.74) is 7.62. The van der Waals surface area contributed by atoms with Crippen LogP contribution in [0.3, 0.4) is 0 Å². The Balaban J connectivity index is 1.67. The molecular weight excluding hydrogens is 382 g/mol. The summed E-state index contributed by atoms with van der Waals surface area (Å²) in [4.78, 5) is 21.2. The lowest BCUT2D eigenvalue weighted by Gasteiger charge is -2.11. The summed E-state index contributed by atoms with van der Waals surface area (Å²) >= 11 is 0. The lowest BCUT2D eigenvalue weighted by atomic mass is 9.95. The number of anilines is 1. The number of aryl methyl sites for hydroxylation is 1. The average Bonchev–Trinajstić information content (AvgIpc) is 2.74. The molecule has 0 aliphatic rings. The van der Waals surface area contributed by atoms with Crippen molar-refractivity contribution in [3.8, 4) is 11.3 Å². The maximum Gasteiger partial charge on any atom is 0.229 e. The Morgan fingerprint density at radius 3 is 2.52 bits per heavy atom. The second-order valence-electron chi connectivity index (χ2n) is 7.81. The van der Waals surface area contributed by atoms with Gasteiger partial charge in [-0.2, -0.15) is 0 Å². The van der Waals surface area contributed by atoms with Crippen LogP contribution in [0.2, 0.25) is 0 Å². The molecule has 2 aromatic heterocycles. The Bertz CT molecular complexity index is 1090. The third-order valence-electron chi connectivity index (χ3n) is 4.83. The average molecular weight is 412 g/mol. The molecule has 158 valence electrons. The molecule has 0 unspecified atom stereocenters. The van der Waals surface area contributed by atoms with E-state index in [2.05, 4.69) is 67.3 Å². The van der Waals surface area contributed by atoms with Gasteiger partial charge in [-0.1, -0.05) is 48.9 Å². The molecule has 4 heteroatoms. The number of rotatable bonds is 7. The largest absolute Gasteiger partial charge is 0.310 e. The summed E-state index contributed by atoms with van der Waals surface area (Å²) in [5.74, 6) is 0.452. The van der Waals surface area contributed by atoms with Crippen LogP contribution in [-0.2, 0) is 11.2 Å². The van der Waals surface area contributed by atoms with E-state index in [9.17, 15) is 4.79 Å². The minimum absolute atomic E-state index is 0.0844. The third-order valence-corrected chi connectivity index (χ3v) is 4.83. The maximum absolute atomic E-state index is 12.5. The van der Waals surface area contributed by atoms with Gasteiger partial charge in [-0.25, -0.2) is 4.98 Å². The van der Waals surface area contributed by atoms with Crippen molar-refractivity contribution in [1.82, 2.24) is 9.97 Å². The summed E-state index contributed by atoms with van der Waals surface area (Å²) in [5, 5.41) is 2.88. The summed E-state index contributed by atoms with van der Waals surface area (Å²) in [6.07, 6.45) is 9.20. The SMILES string of the molecule is CC/C=C(\C=C(C)C)c1ccc(CC(=O)Nc2ccc(-c3ccccn3)cn2)cc1C. The number of nitrogens with one attached hydrogen (secondary N) is 1. The van der Waals surface area contributed by atoms with Crippen molar-refractivity contribution in [2.75, 3.05) is 5.32 Å². The summed E-state index contributed by atoms with van der Waals surface area (Å²) in [6, 6.07) is 15.7. The molecular formula is C27H29N3O. The zero-order valence-electron chi connectivity index (χ0n) is 18.6. The van der Waals surface area contributed by atoms with Gasteiger partial charge in [0.25, 0.3) is 0 Å². The lowest BCUT2D eigenvalue weighted by Crippen LogP contribution is -2.15. The van der Waals surface area contributed by atoms with Crippen LogP contribution >= 0.6 is 0 Å². The van der Waals surface area contributed by atoms with Crippen LogP contribution in [0.15, 0.2) is 78.6 Å². The fourth-order valence-electron chi connectivity index (χ4n) is 3.46. The molecule has 0 aliphatic heterocycles. The van der Waals surface area contributed by atoms with Crippen LogP contribution in [0.4, 0.5) is 5.82 Å². The fourth-order valence-corrected chi connectivity index (χ4v) is 3.46. The first-order valence-corrected chi connectivity index (χ1v) is 10.6. The van der Waals surface area contributed by atoms with Crippen molar-refractivity contribution in [3.05, 3.63) is 95.3 Å². The van der Waals surface area contributed by atoms with Crippen LogP contribution in [0.5, 0.6) is 0 Å². The smallest absolute Gasteiger partial charge is 0.229 e. The van der Waals surface area contributed by atoms with E-state index in [4.69, 9.17) is 0 Å². The van der Waals surface area contributed by atoms with E-state index in [0.717, 1.165) is 23.2 Å². The first-order chi connectivity index (χ1) is 15.0. The van der Waals surface area contributed by atoms with Gasteiger partial charge in [0.2, 0.25) is 5.91 Å². The third kappa shape index (κ3) is 6.22. The van der Waals surface area contributed by atoms with Crippen molar-refractivity contribution in [2.45, 2.75) is 40.5 Å². The van der Waals surface area contributed by atoms with E-state index in [0.29, 0.717) is 12.2 Å². The predicted octanol–water partition coefficient (Wildman–Crippen LogP) is 6.39. The van der Waals surface area contributed by atoms with Crippen LogP contribution < -0.4 is 5.32 Å². The molecule has 0 bridgehead atoms. The molecule has 0 aliphatic carbocycles. The lowest BCUT2D eigenvalue weighted by molar-refractivity contribution is -0.115. The molecule has 1 N–H and O–H groups in total. The number of nitrogens with zero attached hydrogens (tertiary/aromatic N) is 2. The van der Waals surface area contributed by atoms with Crippen molar-refractivity contribution in [1.29, 1.82) is 0 Å². The molecule has 0 fully saturated rings. The van der Waals surface area contributed by atoms with Gasteiger partial charge in [0.1, 0.15) is 5.82 Å². The Kier molecular flexibility index (Phi) is 7.50. The van der Waals surface area contributed by atoms with Gasteiger partial charge in [0, 0.05) is 18.0 Å². The number of carbonyl (C=O) groups excluding carboxylic acids is 1. The second-order valence-corrected chi connectivity index (χ2v) is 7.81. The summed E-state index contributed by atoms with van der Waals surface area (Å²) in [6.45, 7) is 8.45. The minimum Gasteiger partial charge on any atom is -0.310 e. The molecule has 2 heterocycles. The molecule has 31 heavy (non-hydrogen) atoms. The molecule has 0 saturated heterocycles. The van der Waals surface area contributed by atoms with Crippen molar-refractivity contribution in [3.63, 3.8) is 0 Å². The van der Waals surface area contributed by atoms with Crippen LogP contribution in [0.25, 0.3) is 16.8 Å². The standard InChI is InChI=1S/C27H29N3O/c1-5-8-22(15-19(2)3)24-12-10-21(16-20(24)4)17-27(31)30-26-13-11-23(18-29-26)25-9-6-7-14-28-25/h6-16,18H,5,17H2,1-4H3,(H,29,30,31)/b22-8+. The molecule has 1 amide bonds. The molecule has 0 atom stereocenters. The van der Waals surface area contributed by atoms with Crippen molar-refractivity contribution >= 4 is 17.3 Å². The maximum atomic E-state index is 12.5. The van der Waals surface area contributed by atoms with Crippen LogP contribution in [0.1, 0.15) is 43.9 Å². The van der Waals surface area contributed by atoms with E-state index >= 15 is 0 Å². The second kappa shape index (κ2) is 10.5. The summed E-state index contributed by atoms with van der Waals surface area (Å²) in [7, 11) is 0. The van der Waals surface area contributed by atoms with E-state index in [1.807, 2.05) is 30.3 Å². The normalized spacial score (nSPS) is 11.2. The van der Waals surface area contributed by atoms with Gasteiger partial charge in [-0.05, 0) is 73.7 Å². The topological polar surface area (TPSA) is 54.9 Å². The number of hydrogen-bond donors (Lipinski definition) is 1. The minimum atomic E-state index is -0.0844. The number of aromatic nitrogens is 2. The molecule has 3 rings (SSSR count). The highest BCUT2D eigenvalue weighted by molar-refractivity contribution is 5.91. The molecule has 3 aromatic rings. The number of amides is 1. The highest BCUT2D eigenvalue weighted by Crippen LogP contribution is 2.24. The molecule has 1 aromatic carbocycles. The van der Waals surface area contributed by atoms with Crippen molar-refractivity contribution < 1.29 is 4.79 Å². The Morgan fingerprint density at radius 1 is 1.06 bits per heavy atom. The number of carbonyl (C=O) groups is 1. The quantitative estimate of drug-likeness (QED) is 0.458. The van der Waals surface area contributed by atoms with E-state index in [1.54, 1.807) is 18.5 Å². The highest BCUT2D eigenvalue weighted by Gasteiger charge is 2.09. The first-order valence-electron chi connectivity index (χ1n) is 10.6. The van der Waals surface area contributed by atoms with Crippen LogP contribution in [-0.4, -0.2) is 15.9 Å². The molecule has 0 saturated carbocycles. The zero-order chi connectivity index (χ0) is 22.2. The van der Waals surface area contributed by atoms with E-state index in [-0.39, 0.29) is 5.91 Å². The molecule has 0 radical (unpaired) electrons. The molecule has 0 spiro atoms. The van der Waals surface area contributed by atoms with E-state index < -0.39 is 0 Å². The predicted molar refractivity (Wildman–Crippen MR) is 129 cm³/mol. The van der Waals surface area contributed by atoms with Gasteiger partial charge in [-0.15, -0.1) is 0 Å². The fraction of sp³-hybridized carbons (Fsp3) is 0.222. The van der Waals surface area contributed by atoms with Crippen LogP contribution in [0, 0.1) is 6.92 Å². The van der Waals surface area contributed by atoms with Gasteiger partial charge < -0.3 is 5.32 Å². The van der Waals surface area contributed by atoms with Gasteiger partial charge in [0.05, 0.1) is 12.1 Å². The highest BCUT2D eigenvalue weighted by atomic mass is 16.1. The Hall–Kier alpha value is -3.53. The van der Waals surface area contributed by atoms with Gasteiger partial charge in [0.15, 0.2) is 0 Å². The number of allylic oxidation sites excluding steroid dienone is 4. The monoisotopic (exact) mass is 411 g/mol. The van der Waals surface area contributed by atoms with Gasteiger partial charge in [-0.3, -0.25) is 9.78 Å². The molecule has 4 nitrogen and oxygen atoms in total. The number of hydrogen-bond acceptors (Lipinski definition) is 3. The summed E-state index contributed by atoms with van der Waals surface area (Å²) < 4.78 is 0.